The summed E-state index contributed by atoms with van der Waals surface area (Å²) in [5.74, 6) is 0.119. The number of hydrogen-bond donors (Lipinski definition) is 1. The minimum absolute atomic E-state index is 0.119. The molecule has 0 saturated carbocycles. The highest BCUT2D eigenvalue weighted by atomic mass is 28.4. The molecule has 0 aromatic carbocycles. The molecule has 5 nitrogen and oxygen atoms in total. The molecule has 0 heterocycles. The first-order valence-electron chi connectivity index (χ1n) is 9.38. The summed E-state index contributed by atoms with van der Waals surface area (Å²) in [7, 11) is 2.33. The summed E-state index contributed by atoms with van der Waals surface area (Å²) in [5.41, 5.74) is 0. The molecular formula is C18H38NO4Si. The van der Waals surface area contributed by atoms with E-state index in [2.05, 4.69) is 18.7 Å². The van der Waals surface area contributed by atoms with Gasteiger partial charge in [-0.05, 0) is 19.3 Å². The molecule has 0 aliphatic carbocycles. The first kappa shape index (κ1) is 23.6. The molecule has 24 heavy (non-hydrogen) atoms. The Balaban J connectivity index is 3.47. The third kappa shape index (κ3) is 12.0. The minimum Gasteiger partial charge on any atom is -0.377 e. The fraction of sp³-hybridized carbons (Fsp3) is 0.889. The Morgan fingerprint density at radius 2 is 1.54 bits per heavy atom. The summed E-state index contributed by atoms with van der Waals surface area (Å²) in [6, 6.07) is 0.709. The third-order valence-electron chi connectivity index (χ3n) is 4.25. The lowest BCUT2D eigenvalue weighted by Crippen LogP contribution is -2.43. The van der Waals surface area contributed by atoms with Crippen molar-refractivity contribution in [3.8, 4) is 0 Å². The van der Waals surface area contributed by atoms with E-state index in [0.29, 0.717) is 19.0 Å². The van der Waals surface area contributed by atoms with E-state index in [9.17, 15) is 4.79 Å². The monoisotopic (exact) mass is 360 g/mol. The van der Waals surface area contributed by atoms with Crippen molar-refractivity contribution < 1.29 is 18.1 Å². The predicted octanol–water partition coefficient (Wildman–Crippen LogP) is 4.11. The Morgan fingerprint density at radius 1 is 0.917 bits per heavy atom. The molecule has 0 bridgehead atoms. The molecule has 143 valence electrons. The second-order valence-electron chi connectivity index (χ2n) is 6.13. The van der Waals surface area contributed by atoms with Crippen LogP contribution in [0.3, 0.4) is 0 Å². The van der Waals surface area contributed by atoms with E-state index in [1.165, 1.54) is 38.5 Å². The van der Waals surface area contributed by atoms with Gasteiger partial charge in [0.1, 0.15) is 0 Å². The van der Waals surface area contributed by atoms with Crippen LogP contribution in [0, 0.1) is 6.42 Å². The quantitative estimate of drug-likeness (QED) is 0.313. The predicted molar refractivity (Wildman–Crippen MR) is 101 cm³/mol. The highest BCUT2D eigenvalue weighted by Crippen LogP contribution is 2.14. The van der Waals surface area contributed by atoms with Crippen LogP contribution in [0.25, 0.3) is 0 Å². The van der Waals surface area contributed by atoms with Crippen molar-refractivity contribution in [2.75, 3.05) is 27.9 Å². The van der Waals surface area contributed by atoms with Crippen molar-refractivity contribution in [3.05, 3.63) is 6.42 Å². The van der Waals surface area contributed by atoms with Crippen molar-refractivity contribution in [1.29, 1.82) is 0 Å². The molecular weight excluding hydrogens is 322 g/mol. The average Bonchev–Trinajstić information content (AvgIpc) is 2.61. The van der Waals surface area contributed by atoms with E-state index < -0.39 is 8.80 Å². The van der Waals surface area contributed by atoms with Gasteiger partial charge in [-0.1, -0.05) is 51.9 Å². The van der Waals surface area contributed by atoms with E-state index in [4.69, 9.17) is 13.3 Å². The van der Waals surface area contributed by atoms with Crippen LogP contribution in [0.2, 0.25) is 6.04 Å². The maximum absolute atomic E-state index is 11.8. The van der Waals surface area contributed by atoms with E-state index in [-0.39, 0.29) is 5.91 Å². The van der Waals surface area contributed by atoms with Crippen LogP contribution in [0.1, 0.15) is 71.1 Å². The maximum Gasteiger partial charge on any atom is 0.500 e. The Bertz CT molecular complexity index is 290. The third-order valence-corrected chi connectivity index (χ3v) is 7.08. The van der Waals surface area contributed by atoms with Crippen molar-refractivity contribution in [3.63, 3.8) is 0 Å². The van der Waals surface area contributed by atoms with Gasteiger partial charge in [0.2, 0.25) is 5.91 Å². The molecule has 1 N–H and O–H groups in total. The summed E-state index contributed by atoms with van der Waals surface area (Å²) in [6.45, 7) is 2.88. The smallest absolute Gasteiger partial charge is 0.377 e. The highest BCUT2D eigenvalue weighted by molar-refractivity contribution is 6.60. The lowest BCUT2D eigenvalue weighted by Gasteiger charge is -2.24. The molecule has 0 aromatic heterocycles. The number of hydrogen-bond acceptors (Lipinski definition) is 4. The first-order valence-corrected chi connectivity index (χ1v) is 11.3. The van der Waals surface area contributed by atoms with E-state index in [1.54, 1.807) is 21.3 Å². The fourth-order valence-electron chi connectivity index (χ4n) is 2.62. The van der Waals surface area contributed by atoms with Gasteiger partial charge in [-0.25, -0.2) is 0 Å². The Labute approximate surface area is 150 Å². The van der Waals surface area contributed by atoms with E-state index >= 15 is 0 Å². The molecule has 0 aliphatic rings. The summed E-state index contributed by atoms with van der Waals surface area (Å²) >= 11 is 0. The number of rotatable bonds is 17. The van der Waals surface area contributed by atoms with Gasteiger partial charge in [-0.15, -0.1) is 0 Å². The van der Waals surface area contributed by atoms with Crippen LogP contribution >= 0.6 is 0 Å². The second kappa shape index (κ2) is 16.1. The Hall–Kier alpha value is -0.433. The van der Waals surface area contributed by atoms with Crippen molar-refractivity contribution in [2.24, 2.45) is 0 Å². The lowest BCUT2D eigenvalue weighted by atomic mass is 10.1. The Kier molecular flexibility index (Phi) is 15.8. The van der Waals surface area contributed by atoms with Gasteiger partial charge in [-0.3, -0.25) is 4.79 Å². The van der Waals surface area contributed by atoms with E-state index in [0.717, 1.165) is 19.3 Å². The minimum atomic E-state index is -2.50. The molecule has 1 radical (unpaired) electrons. The Morgan fingerprint density at radius 3 is 2.17 bits per heavy atom. The molecule has 0 saturated heterocycles. The second-order valence-corrected chi connectivity index (χ2v) is 9.22. The van der Waals surface area contributed by atoms with Crippen molar-refractivity contribution in [2.45, 2.75) is 77.2 Å². The molecule has 0 spiro atoms. The largest absolute Gasteiger partial charge is 0.500 e. The summed E-state index contributed by atoms with van der Waals surface area (Å²) in [4.78, 5) is 11.8. The van der Waals surface area contributed by atoms with Gasteiger partial charge in [0.25, 0.3) is 0 Å². The van der Waals surface area contributed by atoms with Crippen LogP contribution in [0.15, 0.2) is 0 Å². The number of amides is 1. The molecule has 1 amide bonds. The molecule has 0 unspecified atom stereocenters. The standard InChI is InChI=1S/C18H38NO4Si/c1-5-6-7-8-9-10-11-12-13-15-18(20)19-16-14-17-24(21-2,22-3)23-4/h12H,5-11,13-17H2,1-4H3,(H,19,20). The van der Waals surface area contributed by atoms with Crippen LogP contribution < -0.4 is 5.32 Å². The van der Waals surface area contributed by atoms with Crippen molar-refractivity contribution >= 4 is 14.7 Å². The normalized spacial score (nSPS) is 11.7. The van der Waals surface area contributed by atoms with Crippen molar-refractivity contribution in [1.82, 2.24) is 5.32 Å². The van der Waals surface area contributed by atoms with Gasteiger partial charge < -0.3 is 18.6 Å². The van der Waals surface area contributed by atoms with Gasteiger partial charge in [0.15, 0.2) is 0 Å². The van der Waals surface area contributed by atoms with Gasteiger partial charge in [-0.2, -0.15) is 0 Å². The summed E-state index contributed by atoms with van der Waals surface area (Å²) in [5, 5.41) is 2.95. The van der Waals surface area contributed by atoms with Gasteiger partial charge in [0, 0.05) is 40.3 Å². The topological polar surface area (TPSA) is 56.8 Å². The molecule has 6 heteroatoms. The zero-order valence-corrected chi connectivity index (χ0v) is 17.2. The zero-order valence-electron chi connectivity index (χ0n) is 16.2. The average molecular weight is 361 g/mol. The molecule has 0 fully saturated rings. The van der Waals surface area contributed by atoms with Crippen LogP contribution in [-0.4, -0.2) is 42.6 Å². The van der Waals surface area contributed by atoms with Gasteiger partial charge in [0.05, 0.1) is 0 Å². The molecule has 0 rings (SSSR count). The number of nitrogens with one attached hydrogen (secondary N) is 1. The molecule has 0 aromatic rings. The zero-order chi connectivity index (χ0) is 18.1. The highest BCUT2D eigenvalue weighted by Gasteiger charge is 2.36. The van der Waals surface area contributed by atoms with Gasteiger partial charge >= 0.3 is 8.80 Å². The first-order chi connectivity index (χ1) is 11.6. The SMILES string of the molecule is CCCCCCCC[CH]CCC(=O)NCCC[Si](OC)(OC)OC. The number of carbonyl (C=O) groups excluding carboxylic acids is 1. The van der Waals surface area contributed by atoms with Crippen LogP contribution in [0.5, 0.6) is 0 Å². The molecule has 0 atom stereocenters. The fourth-order valence-corrected chi connectivity index (χ4v) is 4.35. The van der Waals surface area contributed by atoms with E-state index in [1.807, 2.05) is 0 Å². The van der Waals surface area contributed by atoms with Crippen LogP contribution in [0.4, 0.5) is 0 Å². The summed E-state index contributed by atoms with van der Waals surface area (Å²) in [6.07, 6.45) is 13.5. The number of unbranched alkanes of at least 4 members (excludes halogenated alkanes) is 8. The number of carbonyl (C=O) groups is 1. The summed E-state index contributed by atoms with van der Waals surface area (Å²) < 4.78 is 16.1. The molecule has 0 aliphatic heterocycles. The maximum atomic E-state index is 11.8. The van der Waals surface area contributed by atoms with Crippen LogP contribution in [-0.2, 0) is 18.1 Å². The lowest BCUT2D eigenvalue weighted by molar-refractivity contribution is -0.121.